The van der Waals surface area contributed by atoms with Gasteiger partial charge >= 0.3 is 5.97 Å². The number of para-hydroxylation sites is 1. The monoisotopic (exact) mass is 368 g/mol. The molecule has 5 nitrogen and oxygen atoms in total. The molecule has 1 fully saturated rings. The highest BCUT2D eigenvalue weighted by Gasteiger charge is 2.32. The van der Waals surface area contributed by atoms with E-state index in [0.29, 0.717) is 17.1 Å². The number of benzene rings is 2. The van der Waals surface area contributed by atoms with Gasteiger partial charge in [-0.1, -0.05) is 18.2 Å². The Bertz CT molecular complexity index is 994. The molecule has 4 rings (SSSR count). The number of nitrogens with zero attached hydrogens (tertiary/aromatic N) is 1. The van der Waals surface area contributed by atoms with Crippen LogP contribution >= 0.6 is 0 Å². The largest absolute Gasteiger partial charge is 0.494 e. The van der Waals surface area contributed by atoms with Crippen LogP contribution in [0.1, 0.15) is 29.6 Å². The molecule has 27 heavy (non-hydrogen) atoms. The Kier molecular flexibility index (Phi) is 4.48. The van der Waals surface area contributed by atoms with Gasteiger partial charge in [0.15, 0.2) is 11.6 Å². The van der Waals surface area contributed by atoms with Crippen molar-refractivity contribution in [2.75, 3.05) is 19.1 Å². The molecule has 3 aromatic rings. The second-order valence-corrected chi connectivity index (χ2v) is 6.66. The Morgan fingerprint density at radius 3 is 2.59 bits per heavy atom. The van der Waals surface area contributed by atoms with Gasteiger partial charge < -0.3 is 19.4 Å². The van der Waals surface area contributed by atoms with E-state index in [1.165, 1.54) is 20.3 Å². The second kappa shape index (κ2) is 6.95. The van der Waals surface area contributed by atoms with Gasteiger partial charge in [0.05, 0.1) is 14.2 Å². The van der Waals surface area contributed by atoms with Crippen LogP contribution in [0.25, 0.3) is 10.9 Å². The fourth-order valence-electron chi connectivity index (χ4n) is 3.59. The summed E-state index contributed by atoms with van der Waals surface area (Å²) in [6.07, 6.45) is 3.06. The molecule has 0 saturated heterocycles. The number of rotatable bonds is 5. The van der Waals surface area contributed by atoms with E-state index in [4.69, 9.17) is 9.47 Å². The van der Waals surface area contributed by atoms with E-state index in [2.05, 4.69) is 4.98 Å². The fraction of sp³-hybridized carbons (Fsp3) is 0.286. The summed E-state index contributed by atoms with van der Waals surface area (Å²) >= 11 is 0. The first-order chi connectivity index (χ1) is 13.1. The minimum absolute atomic E-state index is 0.189. The number of hydrogen-bond acceptors (Lipinski definition) is 4. The number of aromatic amines is 1. The molecule has 0 radical (unpaired) electrons. The lowest BCUT2D eigenvalue weighted by molar-refractivity contribution is 0.0603. The summed E-state index contributed by atoms with van der Waals surface area (Å²) in [5.41, 5.74) is 1.98. The smallest absolute Gasteiger partial charge is 0.342 e. The molecular weight excluding hydrogens is 347 g/mol. The van der Waals surface area contributed by atoms with E-state index in [0.717, 1.165) is 30.2 Å². The van der Waals surface area contributed by atoms with E-state index >= 15 is 0 Å². The number of nitrogens with one attached hydrogen (secondary N) is 1. The lowest BCUT2D eigenvalue weighted by atomic mass is 9.90. The van der Waals surface area contributed by atoms with Crippen molar-refractivity contribution in [3.63, 3.8) is 0 Å². The molecule has 1 N–H and O–H groups in total. The van der Waals surface area contributed by atoms with Crippen LogP contribution in [-0.2, 0) is 4.74 Å². The lowest BCUT2D eigenvalue weighted by Gasteiger charge is -2.39. The highest BCUT2D eigenvalue weighted by atomic mass is 19.1. The third-order valence-electron chi connectivity index (χ3n) is 5.17. The van der Waals surface area contributed by atoms with E-state index in [-0.39, 0.29) is 11.8 Å². The number of H-pyrrole nitrogens is 1. The average Bonchev–Trinajstić information content (AvgIpc) is 3.02. The van der Waals surface area contributed by atoms with Gasteiger partial charge in [0, 0.05) is 28.7 Å². The average molecular weight is 368 g/mol. The first-order valence-electron chi connectivity index (χ1n) is 8.96. The number of methoxy groups -OCH3 is 2. The minimum atomic E-state index is -0.435. The lowest BCUT2D eigenvalue weighted by Crippen LogP contribution is -2.37. The van der Waals surface area contributed by atoms with E-state index in [1.54, 1.807) is 6.07 Å². The molecule has 0 aliphatic heterocycles. The van der Waals surface area contributed by atoms with Crippen LogP contribution in [-0.4, -0.2) is 31.2 Å². The number of carbonyl (C=O) groups is 1. The predicted molar refractivity (Wildman–Crippen MR) is 102 cm³/mol. The first-order valence-corrected chi connectivity index (χ1v) is 8.96. The number of aromatic nitrogens is 1. The predicted octanol–water partition coefficient (Wildman–Crippen LogP) is 4.79. The summed E-state index contributed by atoms with van der Waals surface area (Å²) in [6.45, 7) is 0. The molecule has 0 bridgehead atoms. The van der Waals surface area contributed by atoms with Crippen molar-refractivity contribution in [2.24, 2.45) is 0 Å². The zero-order valence-corrected chi connectivity index (χ0v) is 15.3. The fourth-order valence-corrected chi connectivity index (χ4v) is 3.59. The summed E-state index contributed by atoms with van der Waals surface area (Å²) in [5, 5.41) is 0.789. The van der Waals surface area contributed by atoms with Crippen molar-refractivity contribution < 1.29 is 18.7 Å². The summed E-state index contributed by atoms with van der Waals surface area (Å²) in [7, 11) is 2.81. The van der Waals surface area contributed by atoms with Crippen LogP contribution in [0.4, 0.5) is 15.9 Å². The van der Waals surface area contributed by atoms with Gasteiger partial charge in [-0.15, -0.1) is 0 Å². The van der Waals surface area contributed by atoms with E-state index in [9.17, 15) is 9.18 Å². The Morgan fingerprint density at radius 1 is 1.19 bits per heavy atom. The third-order valence-corrected chi connectivity index (χ3v) is 5.17. The van der Waals surface area contributed by atoms with Crippen LogP contribution in [0.15, 0.2) is 42.5 Å². The van der Waals surface area contributed by atoms with Crippen molar-refractivity contribution in [2.45, 2.75) is 25.3 Å². The zero-order valence-electron chi connectivity index (χ0n) is 15.3. The van der Waals surface area contributed by atoms with Gasteiger partial charge in [-0.05, 0) is 37.5 Å². The van der Waals surface area contributed by atoms with E-state index in [1.807, 2.05) is 35.2 Å². The van der Waals surface area contributed by atoms with Crippen LogP contribution in [0.5, 0.6) is 5.75 Å². The number of anilines is 2. The van der Waals surface area contributed by atoms with E-state index < -0.39 is 11.8 Å². The molecule has 0 atom stereocenters. The Morgan fingerprint density at radius 2 is 1.96 bits per heavy atom. The quantitative estimate of drug-likeness (QED) is 0.658. The maximum absolute atomic E-state index is 14.4. The number of carbonyl (C=O) groups excluding carboxylic acids is 1. The minimum Gasteiger partial charge on any atom is -0.494 e. The highest BCUT2D eigenvalue weighted by molar-refractivity contribution is 6.10. The Labute approximate surface area is 156 Å². The van der Waals surface area contributed by atoms with Crippen LogP contribution in [0, 0.1) is 5.82 Å². The van der Waals surface area contributed by atoms with Gasteiger partial charge in [-0.2, -0.15) is 0 Å². The molecule has 1 saturated carbocycles. The normalized spacial score (nSPS) is 14.0. The standard InChI is InChI=1S/C21H21FN2O3/c1-26-18-11-10-14(12-16(18)22)24(13-6-5-7-13)20-19(21(25)27-2)15-8-3-4-9-17(15)23-20/h3-4,8-13,23H,5-7H2,1-2H3. The van der Waals surface area contributed by atoms with Gasteiger partial charge in [-0.25, -0.2) is 9.18 Å². The van der Waals surface area contributed by atoms with Crippen LogP contribution < -0.4 is 9.64 Å². The van der Waals surface area contributed by atoms with Gasteiger partial charge in [0.25, 0.3) is 0 Å². The summed E-state index contributed by atoms with van der Waals surface area (Å²) in [6, 6.07) is 12.6. The van der Waals surface area contributed by atoms with Crippen molar-refractivity contribution >= 4 is 28.4 Å². The molecule has 1 aliphatic rings. The van der Waals surface area contributed by atoms with Gasteiger partial charge in [0.1, 0.15) is 11.4 Å². The highest BCUT2D eigenvalue weighted by Crippen LogP contribution is 2.41. The maximum atomic E-state index is 14.4. The molecule has 1 heterocycles. The number of esters is 1. The zero-order chi connectivity index (χ0) is 19.0. The molecule has 0 spiro atoms. The summed E-state index contributed by atoms with van der Waals surface area (Å²) in [5.74, 6) is -0.0229. The molecule has 1 aliphatic carbocycles. The molecular formula is C21H21FN2O3. The van der Waals surface area contributed by atoms with Crippen molar-refractivity contribution in [1.29, 1.82) is 0 Å². The Hall–Kier alpha value is -3.02. The number of ether oxygens (including phenoxy) is 2. The molecule has 140 valence electrons. The number of halogens is 1. The van der Waals surface area contributed by atoms with Crippen LogP contribution in [0.2, 0.25) is 0 Å². The van der Waals surface area contributed by atoms with Crippen molar-refractivity contribution in [3.8, 4) is 5.75 Å². The van der Waals surface area contributed by atoms with Gasteiger partial charge in [0.2, 0.25) is 0 Å². The van der Waals surface area contributed by atoms with Crippen LogP contribution in [0.3, 0.4) is 0 Å². The molecule has 0 unspecified atom stereocenters. The van der Waals surface area contributed by atoms with Crippen molar-refractivity contribution in [1.82, 2.24) is 4.98 Å². The van der Waals surface area contributed by atoms with Gasteiger partial charge in [-0.3, -0.25) is 0 Å². The molecule has 2 aromatic carbocycles. The molecule has 0 amide bonds. The summed E-state index contributed by atoms with van der Waals surface area (Å²) in [4.78, 5) is 17.9. The molecule has 6 heteroatoms. The Balaban J connectivity index is 1.91. The topological polar surface area (TPSA) is 54.6 Å². The number of hydrogen-bond donors (Lipinski definition) is 1. The summed E-state index contributed by atoms with van der Waals surface area (Å²) < 4.78 is 24.5. The second-order valence-electron chi connectivity index (χ2n) is 6.66. The SMILES string of the molecule is COC(=O)c1c(N(c2ccc(OC)c(F)c2)C2CCC2)[nH]c2ccccc12. The third kappa shape index (κ3) is 2.91. The van der Waals surface area contributed by atoms with Crippen molar-refractivity contribution in [3.05, 3.63) is 53.8 Å². The molecule has 1 aromatic heterocycles. The maximum Gasteiger partial charge on any atom is 0.342 e. The first kappa shape index (κ1) is 17.4. The number of fused-ring (bicyclic) bond motifs is 1.